The number of benzene rings is 3. The van der Waals surface area contributed by atoms with Crippen LogP contribution in [0.2, 0.25) is 0 Å². The van der Waals surface area contributed by atoms with Gasteiger partial charge in [-0.25, -0.2) is 12.8 Å². The lowest BCUT2D eigenvalue weighted by Gasteiger charge is -2.24. The van der Waals surface area contributed by atoms with Crippen LogP contribution in [0.1, 0.15) is 17.3 Å². The molecule has 30 heavy (non-hydrogen) atoms. The third-order valence-electron chi connectivity index (χ3n) is 4.29. The molecule has 3 aromatic carbocycles. The Bertz CT molecular complexity index is 1160. The van der Waals surface area contributed by atoms with Crippen LogP contribution >= 0.6 is 0 Å². The van der Waals surface area contributed by atoms with Gasteiger partial charge in [-0.1, -0.05) is 30.3 Å². The van der Waals surface area contributed by atoms with Crippen LogP contribution in [0.25, 0.3) is 0 Å². The van der Waals surface area contributed by atoms with Crippen molar-refractivity contribution in [3.05, 3.63) is 90.2 Å². The van der Waals surface area contributed by atoms with Crippen LogP contribution in [-0.2, 0) is 14.8 Å². The Hall–Kier alpha value is -3.52. The van der Waals surface area contributed by atoms with Gasteiger partial charge >= 0.3 is 0 Å². The zero-order valence-corrected chi connectivity index (χ0v) is 16.9. The number of hydrogen-bond acceptors (Lipinski definition) is 4. The number of sulfonamides is 1. The summed E-state index contributed by atoms with van der Waals surface area (Å²) in [4.78, 5) is 24.2. The second kappa shape index (κ2) is 8.87. The van der Waals surface area contributed by atoms with E-state index in [1.165, 1.54) is 37.3 Å². The first-order valence-electron chi connectivity index (χ1n) is 9.01. The number of ketones is 1. The fourth-order valence-corrected chi connectivity index (χ4v) is 4.23. The van der Waals surface area contributed by atoms with Gasteiger partial charge in [0.05, 0.1) is 10.6 Å². The van der Waals surface area contributed by atoms with E-state index in [1.807, 2.05) is 0 Å². The molecule has 6 nitrogen and oxygen atoms in total. The van der Waals surface area contributed by atoms with Crippen molar-refractivity contribution < 1.29 is 22.4 Å². The molecular weight excluding hydrogens is 407 g/mol. The van der Waals surface area contributed by atoms with Gasteiger partial charge in [0, 0.05) is 11.3 Å². The van der Waals surface area contributed by atoms with Crippen LogP contribution in [0, 0.1) is 5.82 Å². The predicted octanol–water partition coefficient (Wildman–Crippen LogP) is 3.86. The quantitative estimate of drug-likeness (QED) is 0.582. The minimum Gasteiger partial charge on any atom is -0.324 e. The van der Waals surface area contributed by atoms with E-state index in [1.54, 1.807) is 36.4 Å². The van der Waals surface area contributed by atoms with Crippen LogP contribution < -0.4 is 9.62 Å². The maximum Gasteiger partial charge on any atom is 0.264 e. The van der Waals surface area contributed by atoms with Crippen LogP contribution in [0.4, 0.5) is 15.8 Å². The van der Waals surface area contributed by atoms with Crippen molar-refractivity contribution in [2.45, 2.75) is 11.8 Å². The van der Waals surface area contributed by atoms with Crippen molar-refractivity contribution in [3.8, 4) is 0 Å². The van der Waals surface area contributed by atoms with E-state index in [0.29, 0.717) is 11.3 Å². The predicted molar refractivity (Wildman–Crippen MR) is 112 cm³/mol. The molecule has 0 aliphatic rings. The summed E-state index contributed by atoms with van der Waals surface area (Å²) in [6.07, 6.45) is 0. The number of amides is 1. The molecule has 0 unspecified atom stereocenters. The summed E-state index contributed by atoms with van der Waals surface area (Å²) in [6.45, 7) is 0.872. The highest BCUT2D eigenvalue weighted by atomic mass is 32.2. The Morgan fingerprint density at radius 2 is 1.60 bits per heavy atom. The van der Waals surface area contributed by atoms with Gasteiger partial charge in [0.15, 0.2) is 5.78 Å². The molecule has 0 aliphatic heterocycles. The summed E-state index contributed by atoms with van der Waals surface area (Å²) in [5.74, 6) is -1.30. The third-order valence-corrected chi connectivity index (χ3v) is 6.07. The summed E-state index contributed by atoms with van der Waals surface area (Å²) in [6, 6.07) is 18.8. The second-order valence-electron chi connectivity index (χ2n) is 6.49. The van der Waals surface area contributed by atoms with E-state index in [4.69, 9.17) is 0 Å². The van der Waals surface area contributed by atoms with Gasteiger partial charge in [0.25, 0.3) is 10.0 Å². The standard InChI is InChI=1S/C22H19FN2O4S/c1-16(26)17-6-5-7-19(14-17)24-22(27)15-25(20-12-10-18(23)11-13-20)30(28,29)21-8-3-2-4-9-21/h2-14H,15H2,1H3,(H,24,27). The number of anilines is 2. The van der Waals surface area contributed by atoms with Crippen molar-refractivity contribution in [3.63, 3.8) is 0 Å². The lowest BCUT2D eigenvalue weighted by Crippen LogP contribution is -2.38. The van der Waals surface area contributed by atoms with Crippen LogP contribution in [-0.4, -0.2) is 26.7 Å². The van der Waals surface area contributed by atoms with Gasteiger partial charge in [-0.3, -0.25) is 13.9 Å². The number of rotatable bonds is 7. The Balaban J connectivity index is 1.91. The van der Waals surface area contributed by atoms with Gasteiger partial charge < -0.3 is 5.32 Å². The molecule has 1 amide bonds. The van der Waals surface area contributed by atoms with Gasteiger partial charge in [-0.15, -0.1) is 0 Å². The van der Waals surface area contributed by atoms with E-state index < -0.39 is 28.3 Å². The molecule has 0 aliphatic carbocycles. The van der Waals surface area contributed by atoms with Crippen LogP contribution in [0.3, 0.4) is 0 Å². The molecule has 0 atom stereocenters. The van der Waals surface area contributed by atoms with Crippen molar-refractivity contribution in [1.29, 1.82) is 0 Å². The van der Waals surface area contributed by atoms with Gasteiger partial charge in [0.1, 0.15) is 12.4 Å². The van der Waals surface area contributed by atoms with E-state index in [9.17, 15) is 22.4 Å². The minimum absolute atomic E-state index is 0.000650. The number of nitrogens with zero attached hydrogens (tertiary/aromatic N) is 1. The summed E-state index contributed by atoms with van der Waals surface area (Å²) in [7, 11) is -4.08. The molecule has 0 aromatic heterocycles. The van der Waals surface area contributed by atoms with Crippen molar-refractivity contribution in [2.75, 3.05) is 16.2 Å². The summed E-state index contributed by atoms with van der Waals surface area (Å²) in [5, 5.41) is 2.60. The SMILES string of the molecule is CC(=O)c1cccc(NC(=O)CN(c2ccc(F)cc2)S(=O)(=O)c2ccccc2)c1. The number of Topliss-reactive ketones (excluding diaryl/α,β-unsaturated/α-hetero) is 1. The maximum absolute atomic E-state index is 13.3. The van der Waals surface area contributed by atoms with Gasteiger partial charge in [-0.2, -0.15) is 0 Å². The van der Waals surface area contributed by atoms with Crippen LogP contribution in [0.15, 0.2) is 83.8 Å². The molecule has 0 radical (unpaired) electrons. The zero-order valence-electron chi connectivity index (χ0n) is 16.1. The fourth-order valence-electron chi connectivity index (χ4n) is 2.79. The Morgan fingerprint density at radius 1 is 0.933 bits per heavy atom. The third kappa shape index (κ3) is 4.90. The lowest BCUT2D eigenvalue weighted by molar-refractivity contribution is -0.114. The molecule has 0 fully saturated rings. The Morgan fingerprint density at radius 3 is 2.23 bits per heavy atom. The van der Waals surface area contributed by atoms with Crippen molar-refractivity contribution >= 4 is 33.1 Å². The maximum atomic E-state index is 13.3. The Kier molecular flexibility index (Phi) is 6.27. The lowest BCUT2D eigenvalue weighted by atomic mass is 10.1. The smallest absolute Gasteiger partial charge is 0.264 e. The molecule has 154 valence electrons. The first-order chi connectivity index (χ1) is 14.3. The molecule has 1 N–H and O–H groups in total. The number of nitrogens with one attached hydrogen (secondary N) is 1. The first-order valence-corrected chi connectivity index (χ1v) is 10.5. The number of carbonyl (C=O) groups is 2. The van der Waals surface area contributed by atoms with Crippen molar-refractivity contribution in [2.24, 2.45) is 0 Å². The Labute approximate surface area is 174 Å². The fraction of sp³-hybridized carbons (Fsp3) is 0.0909. The molecule has 3 rings (SSSR count). The molecule has 0 saturated heterocycles. The number of halogens is 1. The molecule has 3 aromatic rings. The van der Waals surface area contributed by atoms with E-state index in [0.717, 1.165) is 16.4 Å². The number of hydrogen-bond donors (Lipinski definition) is 1. The van der Waals surface area contributed by atoms with E-state index in [2.05, 4.69) is 5.32 Å². The monoisotopic (exact) mass is 426 g/mol. The normalized spacial score (nSPS) is 11.0. The second-order valence-corrected chi connectivity index (χ2v) is 8.35. The average molecular weight is 426 g/mol. The first kappa shape index (κ1) is 21.2. The van der Waals surface area contributed by atoms with E-state index in [-0.39, 0.29) is 16.4 Å². The van der Waals surface area contributed by atoms with E-state index >= 15 is 0 Å². The largest absolute Gasteiger partial charge is 0.324 e. The highest BCUT2D eigenvalue weighted by molar-refractivity contribution is 7.92. The summed E-state index contributed by atoms with van der Waals surface area (Å²) < 4.78 is 40.6. The highest BCUT2D eigenvalue weighted by Crippen LogP contribution is 2.24. The van der Waals surface area contributed by atoms with Crippen LogP contribution in [0.5, 0.6) is 0 Å². The molecule has 0 saturated carbocycles. The zero-order chi connectivity index (χ0) is 21.7. The molecule has 0 bridgehead atoms. The van der Waals surface area contributed by atoms with Gasteiger partial charge in [0.2, 0.25) is 5.91 Å². The minimum atomic E-state index is -4.08. The average Bonchev–Trinajstić information content (AvgIpc) is 2.73. The molecule has 0 heterocycles. The summed E-state index contributed by atoms with van der Waals surface area (Å²) >= 11 is 0. The van der Waals surface area contributed by atoms with Crippen molar-refractivity contribution in [1.82, 2.24) is 0 Å². The molecule has 8 heteroatoms. The topological polar surface area (TPSA) is 83.6 Å². The molecular formula is C22H19FN2O4S. The summed E-state index contributed by atoms with van der Waals surface area (Å²) in [5.41, 5.74) is 0.928. The highest BCUT2D eigenvalue weighted by Gasteiger charge is 2.27. The molecule has 0 spiro atoms. The number of carbonyl (C=O) groups excluding carboxylic acids is 2. The van der Waals surface area contributed by atoms with Gasteiger partial charge in [-0.05, 0) is 55.5 Å².